The van der Waals surface area contributed by atoms with Gasteiger partial charge in [0.15, 0.2) is 0 Å². The molecule has 3 N–H and O–H groups in total. The van der Waals surface area contributed by atoms with Gasteiger partial charge in [-0.15, -0.1) is 0 Å². The third-order valence-electron chi connectivity index (χ3n) is 3.03. The lowest BCUT2D eigenvalue weighted by atomic mass is 10.1. The summed E-state index contributed by atoms with van der Waals surface area (Å²) in [6, 6.07) is 5.73. The van der Waals surface area contributed by atoms with E-state index in [0.29, 0.717) is 12.3 Å². The largest absolute Gasteiger partial charge is 0.508 e. The highest BCUT2D eigenvalue weighted by atomic mass is 16.3. The van der Waals surface area contributed by atoms with Crippen LogP contribution >= 0.6 is 0 Å². The van der Waals surface area contributed by atoms with Crippen molar-refractivity contribution < 1.29 is 5.11 Å². The van der Waals surface area contributed by atoms with Gasteiger partial charge in [0.1, 0.15) is 5.75 Å². The van der Waals surface area contributed by atoms with Crippen LogP contribution in [-0.4, -0.2) is 29.6 Å². The zero-order chi connectivity index (χ0) is 10.7. The number of likely N-dealkylation sites (tertiary alicyclic amines) is 1. The second kappa shape index (κ2) is 4.64. The summed E-state index contributed by atoms with van der Waals surface area (Å²) < 4.78 is 0. The highest BCUT2D eigenvalue weighted by Crippen LogP contribution is 2.18. The maximum Gasteiger partial charge on any atom is 0.120 e. The molecule has 1 aromatic rings. The maximum absolute atomic E-state index is 9.48. The SMILES string of the molecule is NCc1cc(CCN2CCC2)ccc1O. The molecule has 3 heteroatoms. The predicted octanol–water partition coefficient (Wildman–Crippen LogP) is 1.10. The topological polar surface area (TPSA) is 49.5 Å². The summed E-state index contributed by atoms with van der Waals surface area (Å²) >= 11 is 0. The van der Waals surface area contributed by atoms with Gasteiger partial charge in [-0.25, -0.2) is 0 Å². The van der Waals surface area contributed by atoms with Gasteiger partial charge in [-0.05, 0) is 37.6 Å². The van der Waals surface area contributed by atoms with Crippen LogP contribution in [0.15, 0.2) is 18.2 Å². The van der Waals surface area contributed by atoms with Crippen LogP contribution in [0.2, 0.25) is 0 Å². The minimum absolute atomic E-state index is 0.310. The summed E-state index contributed by atoms with van der Waals surface area (Å²) in [5.74, 6) is 0.310. The quantitative estimate of drug-likeness (QED) is 0.775. The molecule has 0 bridgehead atoms. The molecule has 1 aliphatic rings. The second-order valence-corrected chi connectivity index (χ2v) is 4.11. The first kappa shape index (κ1) is 10.5. The number of phenolic OH excluding ortho intramolecular Hbond substituents is 1. The Morgan fingerprint density at radius 3 is 2.73 bits per heavy atom. The maximum atomic E-state index is 9.48. The fourth-order valence-electron chi connectivity index (χ4n) is 1.85. The number of benzene rings is 1. The second-order valence-electron chi connectivity index (χ2n) is 4.11. The fraction of sp³-hybridized carbons (Fsp3) is 0.500. The monoisotopic (exact) mass is 206 g/mol. The van der Waals surface area contributed by atoms with E-state index in [1.165, 1.54) is 25.1 Å². The number of nitrogens with two attached hydrogens (primary N) is 1. The van der Waals surface area contributed by atoms with Crippen LogP contribution in [0.3, 0.4) is 0 Å². The van der Waals surface area contributed by atoms with Gasteiger partial charge < -0.3 is 15.7 Å². The van der Waals surface area contributed by atoms with Crippen molar-refractivity contribution in [1.82, 2.24) is 4.90 Å². The molecule has 0 aliphatic carbocycles. The zero-order valence-electron chi connectivity index (χ0n) is 8.95. The highest BCUT2D eigenvalue weighted by Gasteiger charge is 2.12. The number of rotatable bonds is 4. The lowest BCUT2D eigenvalue weighted by molar-refractivity contribution is 0.184. The van der Waals surface area contributed by atoms with E-state index in [1.807, 2.05) is 12.1 Å². The Balaban J connectivity index is 1.95. The van der Waals surface area contributed by atoms with Gasteiger partial charge >= 0.3 is 0 Å². The van der Waals surface area contributed by atoms with Crippen LogP contribution in [0.1, 0.15) is 17.5 Å². The molecule has 0 aromatic heterocycles. The smallest absolute Gasteiger partial charge is 0.120 e. The number of phenols is 1. The Morgan fingerprint density at radius 1 is 1.33 bits per heavy atom. The number of nitrogens with zero attached hydrogens (tertiary/aromatic N) is 1. The summed E-state index contributed by atoms with van der Waals surface area (Å²) in [7, 11) is 0. The van der Waals surface area contributed by atoms with Crippen molar-refractivity contribution in [3.63, 3.8) is 0 Å². The van der Waals surface area contributed by atoms with Gasteiger partial charge in [-0.2, -0.15) is 0 Å². The molecule has 0 saturated carbocycles. The Labute approximate surface area is 90.5 Å². The van der Waals surface area contributed by atoms with E-state index in [-0.39, 0.29) is 0 Å². The molecule has 0 atom stereocenters. The van der Waals surface area contributed by atoms with Crippen molar-refractivity contribution in [2.75, 3.05) is 19.6 Å². The molecular weight excluding hydrogens is 188 g/mol. The molecule has 2 rings (SSSR count). The molecular formula is C12H18N2O. The number of hydrogen-bond donors (Lipinski definition) is 2. The lowest BCUT2D eigenvalue weighted by Crippen LogP contribution is -2.38. The average Bonchev–Trinajstić information content (AvgIpc) is 2.18. The van der Waals surface area contributed by atoms with Crippen LogP contribution in [0.5, 0.6) is 5.75 Å². The van der Waals surface area contributed by atoms with E-state index < -0.39 is 0 Å². The summed E-state index contributed by atoms with van der Waals surface area (Å²) in [5.41, 5.74) is 7.65. The summed E-state index contributed by atoms with van der Waals surface area (Å²) in [6.07, 6.45) is 2.39. The molecule has 1 heterocycles. The van der Waals surface area contributed by atoms with Crippen molar-refractivity contribution in [1.29, 1.82) is 0 Å². The lowest BCUT2D eigenvalue weighted by Gasteiger charge is -2.30. The highest BCUT2D eigenvalue weighted by molar-refractivity contribution is 5.36. The normalized spacial score (nSPS) is 16.3. The van der Waals surface area contributed by atoms with Crippen LogP contribution in [0.25, 0.3) is 0 Å². The molecule has 0 spiro atoms. The minimum atomic E-state index is 0.310. The van der Waals surface area contributed by atoms with E-state index in [0.717, 1.165) is 18.5 Å². The Bertz CT molecular complexity index is 334. The van der Waals surface area contributed by atoms with Crippen LogP contribution in [0, 0.1) is 0 Å². The van der Waals surface area contributed by atoms with E-state index >= 15 is 0 Å². The average molecular weight is 206 g/mol. The standard InChI is InChI=1S/C12H18N2O/c13-9-11-8-10(2-3-12(11)15)4-7-14-5-1-6-14/h2-3,8,15H,1,4-7,9,13H2. The van der Waals surface area contributed by atoms with Crippen LogP contribution < -0.4 is 5.73 Å². The fourth-order valence-corrected chi connectivity index (χ4v) is 1.85. The first-order valence-corrected chi connectivity index (χ1v) is 5.53. The number of aromatic hydroxyl groups is 1. The summed E-state index contributed by atoms with van der Waals surface area (Å²) in [5, 5.41) is 9.48. The van der Waals surface area contributed by atoms with E-state index in [4.69, 9.17) is 5.73 Å². The third kappa shape index (κ3) is 2.49. The Morgan fingerprint density at radius 2 is 2.13 bits per heavy atom. The van der Waals surface area contributed by atoms with E-state index in [9.17, 15) is 5.11 Å². The van der Waals surface area contributed by atoms with Crippen molar-refractivity contribution in [2.45, 2.75) is 19.4 Å². The van der Waals surface area contributed by atoms with Crippen LogP contribution in [0.4, 0.5) is 0 Å². The molecule has 0 unspecified atom stereocenters. The predicted molar refractivity (Wildman–Crippen MR) is 60.8 cm³/mol. The van der Waals surface area contributed by atoms with E-state index in [2.05, 4.69) is 4.90 Å². The summed E-state index contributed by atoms with van der Waals surface area (Å²) in [6.45, 7) is 4.00. The van der Waals surface area contributed by atoms with Gasteiger partial charge in [-0.1, -0.05) is 12.1 Å². The first-order valence-electron chi connectivity index (χ1n) is 5.53. The molecule has 15 heavy (non-hydrogen) atoms. The molecule has 0 radical (unpaired) electrons. The molecule has 1 aliphatic heterocycles. The molecule has 0 amide bonds. The molecule has 1 aromatic carbocycles. The van der Waals surface area contributed by atoms with Gasteiger partial charge in [0, 0.05) is 18.7 Å². The van der Waals surface area contributed by atoms with Gasteiger partial charge in [0.25, 0.3) is 0 Å². The molecule has 1 saturated heterocycles. The first-order chi connectivity index (χ1) is 7.29. The van der Waals surface area contributed by atoms with Crippen molar-refractivity contribution in [3.05, 3.63) is 29.3 Å². The van der Waals surface area contributed by atoms with Crippen molar-refractivity contribution in [2.24, 2.45) is 5.73 Å². The van der Waals surface area contributed by atoms with Crippen LogP contribution in [-0.2, 0) is 13.0 Å². The molecule has 1 fully saturated rings. The third-order valence-corrected chi connectivity index (χ3v) is 3.03. The van der Waals surface area contributed by atoms with Crippen molar-refractivity contribution >= 4 is 0 Å². The van der Waals surface area contributed by atoms with Gasteiger partial charge in [0.05, 0.1) is 0 Å². The van der Waals surface area contributed by atoms with Gasteiger partial charge in [0.2, 0.25) is 0 Å². The zero-order valence-corrected chi connectivity index (χ0v) is 8.95. The van der Waals surface area contributed by atoms with Gasteiger partial charge in [-0.3, -0.25) is 0 Å². The Hall–Kier alpha value is -1.06. The molecule has 82 valence electrons. The molecule has 3 nitrogen and oxygen atoms in total. The Kier molecular flexibility index (Phi) is 3.23. The minimum Gasteiger partial charge on any atom is -0.508 e. The summed E-state index contributed by atoms with van der Waals surface area (Å²) in [4.78, 5) is 2.44. The number of hydrogen-bond acceptors (Lipinski definition) is 3. The van der Waals surface area contributed by atoms with E-state index in [1.54, 1.807) is 6.07 Å². The van der Waals surface area contributed by atoms with Crippen molar-refractivity contribution in [3.8, 4) is 5.75 Å².